The van der Waals surface area contributed by atoms with E-state index in [0.717, 1.165) is 12.8 Å². The van der Waals surface area contributed by atoms with E-state index >= 15 is 0 Å². The van der Waals surface area contributed by atoms with Crippen LogP contribution in [0.25, 0.3) is 0 Å². The Balaban J connectivity index is 2.39. The molecule has 0 aromatic rings. The third-order valence-corrected chi connectivity index (χ3v) is 4.07. The van der Waals surface area contributed by atoms with Gasteiger partial charge in [0.1, 0.15) is 0 Å². The highest BCUT2D eigenvalue weighted by molar-refractivity contribution is 5.09. The average molecular weight is 236 g/mol. The van der Waals surface area contributed by atoms with Crippen LogP contribution in [-0.2, 0) is 0 Å². The van der Waals surface area contributed by atoms with Crippen molar-refractivity contribution in [3.8, 4) is 0 Å². The van der Waals surface area contributed by atoms with Gasteiger partial charge in [0.2, 0.25) is 0 Å². The fraction of sp³-hybridized carbons (Fsp3) is 0.750. The molecular formula is C16H28O. The van der Waals surface area contributed by atoms with Gasteiger partial charge in [-0.25, -0.2) is 0 Å². The van der Waals surface area contributed by atoms with Gasteiger partial charge in [0.15, 0.2) is 0 Å². The molecule has 0 amide bonds. The second kappa shape index (κ2) is 7.58. The summed E-state index contributed by atoms with van der Waals surface area (Å²) in [6, 6.07) is 0. The molecule has 1 rings (SSSR count). The average Bonchev–Trinajstić information content (AvgIpc) is 2.34. The van der Waals surface area contributed by atoms with E-state index in [4.69, 9.17) is 0 Å². The number of hydrogen-bond acceptors (Lipinski definition) is 1. The molecule has 1 saturated carbocycles. The molecule has 1 aliphatic rings. The van der Waals surface area contributed by atoms with E-state index in [9.17, 15) is 5.11 Å². The number of aliphatic hydroxyl groups is 1. The van der Waals surface area contributed by atoms with Crippen molar-refractivity contribution >= 4 is 0 Å². The molecule has 0 aromatic heterocycles. The molecule has 2 atom stereocenters. The van der Waals surface area contributed by atoms with Crippen molar-refractivity contribution in [2.75, 3.05) is 0 Å². The molecule has 1 N–H and O–H groups in total. The van der Waals surface area contributed by atoms with Crippen LogP contribution < -0.4 is 0 Å². The lowest BCUT2D eigenvalue weighted by Gasteiger charge is -2.32. The molecule has 0 spiro atoms. The number of allylic oxidation sites excluding steroid dienone is 2. The van der Waals surface area contributed by atoms with Crippen molar-refractivity contribution in [1.29, 1.82) is 0 Å². The second-order valence-electron chi connectivity index (χ2n) is 5.46. The standard InChI is InChI=1S/C16H28O/c1-4-5-6-7-10-13(2)15-11-8-9-12-16(15)14(3)17/h15-17H,2-12H2,1H3. The van der Waals surface area contributed by atoms with Crippen molar-refractivity contribution in [3.05, 3.63) is 24.5 Å². The van der Waals surface area contributed by atoms with Crippen LogP contribution in [0.4, 0.5) is 0 Å². The fourth-order valence-corrected chi connectivity index (χ4v) is 2.98. The van der Waals surface area contributed by atoms with E-state index in [1.54, 1.807) is 0 Å². The van der Waals surface area contributed by atoms with Gasteiger partial charge in [-0.3, -0.25) is 0 Å². The van der Waals surface area contributed by atoms with Crippen LogP contribution in [-0.4, -0.2) is 5.11 Å². The Kier molecular flexibility index (Phi) is 6.39. The van der Waals surface area contributed by atoms with Gasteiger partial charge in [-0.15, -0.1) is 0 Å². The van der Waals surface area contributed by atoms with Crippen LogP contribution in [0.1, 0.15) is 64.7 Å². The maximum atomic E-state index is 9.67. The minimum absolute atomic E-state index is 0.280. The quantitative estimate of drug-likeness (QED) is 0.357. The molecule has 98 valence electrons. The number of unbranched alkanes of at least 4 members (excludes halogenated alkanes) is 3. The highest BCUT2D eigenvalue weighted by atomic mass is 16.3. The third-order valence-electron chi connectivity index (χ3n) is 4.07. The lowest BCUT2D eigenvalue weighted by Crippen LogP contribution is -2.22. The van der Waals surface area contributed by atoms with Crippen molar-refractivity contribution in [2.45, 2.75) is 64.7 Å². The van der Waals surface area contributed by atoms with E-state index in [1.165, 1.54) is 50.5 Å². The minimum atomic E-state index is 0.280. The maximum absolute atomic E-state index is 9.67. The molecule has 1 aliphatic carbocycles. The summed E-state index contributed by atoms with van der Waals surface area (Å²) in [7, 11) is 0. The van der Waals surface area contributed by atoms with Crippen molar-refractivity contribution in [1.82, 2.24) is 0 Å². The number of rotatable bonds is 7. The van der Waals surface area contributed by atoms with Crippen LogP contribution in [0, 0.1) is 11.8 Å². The van der Waals surface area contributed by atoms with E-state index in [-0.39, 0.29) is 5.92 Å². The summed E-state index contributed by atoms with van der Waals surface area (Å²) in [5.41, 5.74) is 1.35. The van der Waals surface area contributed by atoms with Gasteiger partial charge in [0.25, 0.3) is 0 Å². The van der Waals surface area contributed by atoms with E-state index in [0.29, 0.717) is 11.7 Å². The Hall–Kier alpha value is -0.720. The fourth-order valence-electron chi connectivity index (χ4n) is 2.98. The van der Waals surface area contributed by atoms with E-state index in [1.807, 2.05) is 0 Å². The van der Waals surface area contributed by atoms with Gasteiger partial charge in [0, 0.05) is 5.92 Å². The Labute approximate surface area is 107 Å². The highest BCUT2D eigenvalue weighted by Crippen LogP contribution is 2.38. The van der Waals surface area contributed by atoms with E-state index < -0.39 is 0 Å². The van der Waals surface area contributed by atoms with Gasteiger partial charge >= 0.3 is 0 Å². The van der Waals surface area contributed by atoms with Crippen molar-refractivity contribution in [2.24, 2.45) is 11.8 Å². The Morgan fingerprint density at radius 1 is 1.06 bits per heavy atom. The molecule has 0 saturated heterocycles. The van der Waals surface area contributed by atoms with Crippen molar-refractivity contribution < 1.29 is 5.11 Å². The van der Waals surface area contributed by atoms with Crippen LogP contribution in [0.2, 0.25) is 0 Å². The van der Waals surface area contributed by atoms with Gasteiger partial charge < -0.3 is 5.11 Å². The zero-order chi connectivity index (χ0) is 12.7. The predicted molar refractivity (Wildman–Crippen MR) is 75.1 cm³/mol. The Morgan fingerprint density at radius 3 is 2.29 bits per heavy atom. The SMILES string of the molecule is C=C(O)C1CCCCC1C(=C)CCCCCC. The monoisotopic (exact) mass is 236 g/mol. The van der Waals surface area contributed by atoms with Crippen LogP contribution in [0.15, 0.2) is 24.5 Å². The Morgan fingerprint density at radius 2 is 1.71 bits per heavy atom. The first kappa shape index (κ1) is 14.3. The predicted octanol–water partition coefficient (Wildman–Crippen LogP) is 5.39. The highest BCUT2D eigenvalue weighted by Gasteiger charge is 2.28. The first-order chi connectivity index (χ1) is 8.16. The van der Waals surface area contributed by atoms with Gasteiger partial charge in [-0.1, -0.05) is 57.8 Å². The van der Waals surface area contributed by atoms with Gasteiger partial charge in [-0.05, 0) is 31.6 Å². The molecule has 0 heterocycles. The summed E-state index contributed by atoms with van der Waals surface area (Å²) in [6.45, 7) is 10.2. The molecule has 2 unspecified atom stereocenters. The molecule has 0 aliphatic heterocycles. The van der Waals surface area contributed by atoms with Gasteiger partial charge in [-0.2, -0.15) is 0 Å². The van der Waals surface area contributed by atoms with E-state index in [2.05, 4.69) is 20.1 Å². The first-order valence-electron chi connectivity index (χ1n) is 7.22. The largest absolute Gasteiger partial charge is 0.513 e. The third kappa shape index (κ3) is 4.57. The smallest absolute Gasteiger partial charge is 0.0887 e. The normalized spacial score (nSPS) is 24.5. The molecule has 0 bridgehead atoms. The minimum Gasteiger partial charge on any atom is -0.513 e. The number of hydrogen-bond donors (Lipinski definition) is 1. The summed E-state index contributed by atoms with van der Waals surface area (Å²) >= 11 is 0. The number of aliphatic hydroxyl groups excluding tert-OH is 1. The topological polar surface area (TPSA) is 20.2 Å². The summed E-state index contributed by atoms with van der Waals surface area (Å²) in [6.07, 6.45) is 11.1. The van der Waals surface area contributed by atoms with Crippen LogP contribution in [0.3, 0.4) is 0 Å². The zero-order valence-electron chi connectivity index (χ0n) is 11.4. The molecule has 0 radical (unpaired) electrons. The van der Waals surface area contributed by atoms with Crippen LogP contribution >= 0.6 is 0 Å². The molecular weight excluding hydrogens is 208 g/mol. The molecule has 0 aromatic carbocycles. The molecule has 1 heteroatoms. The van der Waals surface area contributed by atoms with Gasteiger partial charge in [0.05, 0.1) is 5.76 Å². The summed E-state index contributed by atoms with van der Waals surface area (Å²) in [5, 5.41) is 9.67. The Bertz CT molecular complexity index is 254. The zero-order valence-corrected chi connectivity index (χ0v) is 11.4. The molecule has 17 heavy (non-hydrogen) atoms. The maximum Gasteiger partial charge on any atom is 0.0887 e. The molecule has 1 fully saturated rings. The molecule has 1 nitrogen and oxygen atoms in total. The van der Waals surface area contributed by atoms with Crippen molar-refractivity contribution in [3.63, 3.8) is 0 Å². The first-order valence-corrected chi connectivity index (χ1v) is 7.22. The lowest BCUT2D eigenvalue weighted by molar-refractivity contribution is 0.223. The summed E-state index contributed by atoms with van der Waals surface area (Å²) < 4.78 is 0. The lowest BCUT2D eigenvalue weighted by atomic mass is 9.74. The summed E-state index contributed by atoms with van der Waals surface area (Å²) in [4.78, 5) is 0. The summed E-state index contributed by atoms with van der Waals surface area (Å²) in [5.74, 6) is 1.15. The second-order valence-corrected chi connectivity index (χ2v) is 5.46. The van der Waals surface area contributed by atoms with Crippen LogP contribution in [0.5, 0.6) is 0 Å².